The Kier molecular flexibility index (Phi) is 4.70. The highest BCUT2D eigenvalue weighted by molar-refractivity contribution is 5.81. The van der Waals surface area contributed by atoms with Gasteiger partial charge in [-0.2, -0.15) is 0 Å². The van der Waals surface area contributed by atoms with Crippen molar-refractivity contribution >= 4 is 5.91 Å². The van der Waals surface area contributed by atoms with E-state index in [0.29, 0.717) is 0 Å². The fraction of sp³-hybridized carbons (Fsp3) is 0.500. The topological polar surface area (TPSA) is 41.1 Å². The summed E-state index contributed by atoms with van der Waals surface area (Å²) in [5.74, 6) is 0.0286. The van der Waals surface area contributed by atoms with Gasteiger partial charge >= 0.3 is 0 Å². The van der Waals surface area contributed by atoms with E-state index in [1.54, 1.807) is 7.05 Å². The average molecular weight is 234 g/mol. The molecule has 1 aromatic carbocycles. The molecule has 94 valence electrons. The zero-order chi connectivity index (χ0) is 13.0. The van der Waals surface area contributed by atoms with Crippen LogP contribution in [-0.4, -0.2) is 19.0 Å². The molecule has 1 aromatic rings. The first-order chi connectivity index (χ1) is 7.95. The maximum atomic E-state index is 11.8. The lowest BCUT2D eigenvalue weighted by molar-refractivity contribution is -0.123. The molecule has 0 aliphatic heterocycles. The summed E-state index contributed by atoms with van der Waals surface area (Å²) >= 11 is 0. The third-order valence-electron chi connectivity index (χ3n) is 3.09. The van der Waals surface area contributed by atoms with Gasteiger partial charge in [0.15, 0.2) is 0 Å². The standard InChI is InChI=1S/C14H22N2O/c1-9-6-7-10(2)13(8-9)11(3)16-14(17)12(4)15-5/h6-8,11-12,15H,1-5H3,(H,16,17). The smallest absolute Gasteiger partial charge is 0.237 e. The summed E-state index contributed by atoms with van der Waals surface area (Å²) in [7, 11) is 1.78. The van der Waals surface area contributed by atoms with Crippen molar-refractivity contribution in [3.63, 3.8) is 0 Å². The van der Waals surface area contributed by atoms with Crippen LogP contribution >= 0.6 is 0 Å². The Morgan fingerprint density at radius 2 is 1.88 bits per heavy atom. The van der Waals surface area contributed by atoms with Crippen LogP contribution < -0.4 is 10.6 Å². The molecule has 0 saturated heterocycles. The second kappa shape index (κ2) is 5.82. The minimum Gasteiger partial charge on any atom is -0.348 e. The molecule has 2 atom stereocenters. The summed E-state index contributed by atoms with van der Waals surface area (Å²) in [5, 5.41) is 5.95. The Bertz CT molecular complexity index is 401. The van der Waals surface area contributed by atoms with Crippen LogP contribution in [0.5, 0.6) is 0 Å². The van der Waals surface area contributed by atoms with E-state index < -0.39 is 0 Å². The number of carbonyl (C=O) groups excluding carboxylic acids is 1. The van der Waals surface area contributed by atoms with E-state index in [9.17, 15) is 4.79 Å². The molecule has 1 amide bonds. The fourth-order valence-corrected chi connectivity index (χ4v) is 1.77. The maximum Gasteiger partial charge on any atom is 0.237 e. The van der Waals surface area contributed by atoms with Crippen LogP contribution in [0.2, 0.25) is 0 Å². The van der Waals surface area contributed by atoms with Crippen molar-refractivity contribution in [3.8, 4) is 0 Å². The second-order valence-corrected chi connectivity index (χ2v) is 4.60. The Balaban J connectivity index is 2.79. The molecule has 0 aromatic heterocycles. The predicted octanol–water partition coefficient (Wildman–Crippen LogP) is 2.09. The van der Waals surface area contributed by atoms with Crippen LogP contribution in [0.15, 0.2) is 18.2 Å². The summed E-state index contributed by atoms with van der Waals surface area (Å²) < 4.78 is 0. The van der Waals surface area contributed by atoms with E-state index in [2.05, 4.69) is 42.7 Å². The Labute approximate surface area is 104 Å². The zero-order valence-electron chi connectivity index (χ0n) is 11.3. The van der Waals surface area contributed by atoms with Crippen LogP contribution in [-0.2, 0) is 4.79 Å². The van der Waals surface area contributed by atoms with Gasteiger partial charge in [0.2, 0.25) is 5.91 Å². The lowest BCUT2D eigenvalue weighted by Crippen LogP contribution is -2.41. The molecule has 2 unspecified atom stereocenters. The maximum absolute atomic E-state index is 11.8. The van der Waals surface area contributed by atoms with E-state index >= 15 is 0 Å². The molecule has 0 saturated carbocycles. The Morgan fingerprint density at radius 1 is 1.24 bits per heavy atom. The number of aryl methyl sites for hydroxylation is 2. The van der Waals surface area contributed by atoms with Gasteiger partial charge in [0, 0.05) is 0 Å². The predicted molar refractivity (Wildman–Crippen MR) is 71.0 cm³/mol. The van der Waals surface area contributed by atoms with Gasteiger partial charge in [-0.25, -0.2) is 0 Å². The third-order valence-corrected chi connectivity index (χ3v) is 3.09. The molecule has 0 spiro atoms. The number of nitrogens with one attached hydrogen (secondary N) is 2. The van der Waals surface area contributed by atoms with Crippen LogP contribution in [0.3, 0.4) is 0 Å². The highest BCUT2D eigenvalue weighted by Crippen LogP contribution is 2.18. The summed E-state index contributed by atoms with van der Waals surface area (Å²) in [6.07, 6.45) is 0. The van der Waals surface area contributed by atoms with E-state index in [1.165, 1.54) is 16.7 Å². The number of amides is 1. The van der Waals surface area contributed by atoms with Crippen molar-refractivity contribution in [2.45, 2.75) is 39.8 Å². The molecule has 0 aliphatic rings. The van der Waals surface area contributed by atoms with Gasteiger partial charge < -0.3 is 10.6 Å². The number of hydrogen-bond donors (Lipinski definition) is 2. The second-order valence-electron chi connectivity index (χ2n) is 4.60. The van der Waals surface area contributed by atoms with E-state index in [-0.39, 0.29) is 18.0 Å². The molecule has 0 aliphatic carbocycles. The van der Waals surface area contributed by atoms with Crippen LogP contribution in [0.4, 0.5) is 0 Å². The molecule has 0 bridgehead atoms. The van der Waals surface area contributed by atoms with Crippen molar-refractivity contribution in [1.29, 1.82) is 0 Å². The normalized spacial score (nSPS) is 14.2. The molecule has 17 heavy (non-hydrogen) atoms. The molecule has 0 heterocycles. The van der Waals surface area contributed by atoms with Crippen LogP contribution in [0.1, 0.15) is 36.6 Å². The Morgan fingerprint density at radius 3 is 2.47 bits per heavy atom. The minimum absolute atomic E-state index is 0.0286. The molecular formula is C14H22N2O. The van der Waals surface area contributed by atoms with Gasteiger partial charge in [0.1, 0.15) is 0 Å². The summed E-state index contributed by atoms with van der Waals surface area (Å²) in [6.45, 7) is 8.00. The lowest BCUT2D eigenvalue weighted by Gasteiger charge is -2.19. The zero-order valence-corrected chi connectivity index (χ0v) is 11.3. The molecule has 1 rings (SSSR count). The van der Waals surface area contributed by atoms with Gasteiger partial charge in [-0.15, -0.1) is 0 Å². The molecule has 3 heteroatoms. The van der Waals surface area contributed by atoms with Crippen LogP contribution in [0, 0.1) is 13.8 Å². The first kappa shape index (κ1) is 13.7. The van der Waals surface area contributed by atoms with Gasteiger partial charge in [-0.1, -0.05) is 23.8 Å². The van der Waals surface area contributed by atoms with E-state index in [1.807, 2.05) is 13.8 Å². The number of benzene rings is 1. The first-order valence-electron chi connectivity index (χ1n) is 6.00. The number of rotatable bonds is 4. The number of hydrogen-bond acceptors (Lipinski definition) is 2. The van der Waals surface area contributed by atoms with Crippen LogP contribution in [0.25, 0.3) is 0 Å². The molecule has 3 nitrogen and oxygen atoms in total. The van der Waals surface area contributed by atoms with Gasteiger partial charge in [0.25, 0.3) is 0 Å². The summed E-state index contributed by atoms with van der Waals surface area (Å²) in [6, 6.07) is 6.18. The molecule has 0 radical (unpaired) electrons. The quantitative estimate of drug-likeness (QED) is 0.837. The van der Waals surface area contributed by atoms with Gasteiger partial charge in [-0.05, 0) is 45.9 Å². The highest BCUT2D eigenvalue weighted by Gasteiger charge is 2.15. The van der Waals surface area contributed by atoms with Gasteiger partial charge in [-0.3, -0.25) is 4.79 Å². The summed E-state index contributed by atoms with van der Waals surface area (Å²) in [5.41, 5.74) is 3.61. The van der Waals surface area contributed by atoms with E-state index in [4.69, 9.17) is 0 Å². The van der Waals surface area contributed by atoms with Crippen molar-refractivity contribution in [3.05, 3.63) is 34.9 Å². The first-order valence-corrected chi connectivity index (χ1v) is 6.00. The third kappa shape index (κ3) is 3.56. The van der Waals surface area contributed by atoms with Crippen molar-refractivity contribution in [2.24, 2.45) is 0 Å². The molecule has 2 N–H and O–H groups in total. The summed E-state index contributed by atoms with van der Waals surface area (Å²) in [4.78, 5) is 11.8. The number of likely N-dealkylation sites (N-methyl/N-ethyl adjacent to an activating group) is 1. The average Bonchev–Trinajstić information content (AvgIpc) is 2.30. The van der Waals surface area contributed by atoms with Gasteiger partial charge in [0.05, 0.1) is 12.1 Å². The molecular weight excluding hydrogens is 212 g/mol. The Hall–Kier alpha value is -1.35. The SMILES string of the molecule is CNC(C)C(=O)NC(C)c1cc(C)ccc1C. The van der Waals surface area contributed by atoms with Crippen molar-refractivity contribution < 1.29 is 4.79 Å². The minimum atomic E-state index is -0.164. The highest BCUT2D eigenvalue weighted by atomic mass is 16.2. The van der Waals surface area contributed by atoms with E-state index in [0.717, 1.165) is 0 Å². The monoisotopic (exact) mass is 234 g/mol. The lowest BCUT2D eigenvalue weighted by atomic mass is 10.00. The van der Waals surface area contributed by atoms with Crippen molar-refractivity contribution in [2.75, 3.05) is 7.05 Å². The molecule has 0 fully saturated rings. The fourth-order valence-electron chi connectivity index (χ4n) is 1.77. The largest absolute Gasteiger partial charge is 0.348 e. The van der Waals surface area contributed by atoms with Crippen molar-refractivity contribution in [1.82, 2.24) is 10.6 Å². The number of carbonyl (C=O) groups is 1.